The maximum Gasteiger partial charge on any atom is 0.242 e. The van der Waals surface area contributed by atoms with E-state index in [4.69, 9.17) is 5.73 Å². The molecule has 0 fully saturated rings. The zero-order valence-electron chi connectivity index (χ0n) is 9.51. The second kappa shape index (κ2) is 4.83. The Hall–Kier alpha value is -1.26. The summed E-state index contributed by atoms with van der Waals surface area (Å²) in [5.74, 6) is 0.172. The van der Waals surface area contributed by atoms with Crippen LogP contribution in [0.1, 0.15) is 27.7 Å². The van der Waals surface area contributed by atoms with Crippen molar-refractivity contribution in [1.82, 2.24) is 10.6 Å². The van der Waals surface area contributed by atoms with Crippen LogP contribution in [0.4, 0.5) is 0 Å². The molecular weight excluding hydrogens is 180 g/mol. The fourth-order valence-corrected chi connectivity index (χ4v) is 0.830. The zero-order chi connectivity index (χ0) is 11.4. The van der Waals surface area contributed by atoms with E-state index >= 15 is 0 Å². The van der Waals surface area contributed by atoms with Gasteiger partial charge < -0.3 is 16.4 Å². The van der Waals surface area contributed by atoms with Crippen LogP contribution in [-0.2, 0) is 4.79 Å². The van der Waals surface area contributed by atoms with E-state index in [0.717, 1.165) is 0 Å². The van der Waals surface area contributed by atoms with Gasteiger partial charge in [-0.2, -0.15) is 0 Å². The van der Waals surface area contributed by atoms with Crippen molar-refractivity contribution >= 4 is 11.9 Å². The Balaban J connectivity index is 4.14. The molecule has 0 rings (SSSR count). The number of carbonyl (C=O) groups is 1. The number of nitrogens with two attached hydrogens (primary N) is 1. The molecule has 1 amide bonds. The highest BCUT2D eigenvalue weighted by molar-refractivity contribution is 5.88. The summed E-state index contributed by atoms with van der Waals surface area (Å²) >= 11 is 0. The second-order valence-corrected chi connectivity index (χ2v) is 4.21. The molecular formula is C9H20N4O. The maximum atomic E-state index is 11.5. The number of nitrogens with zero attached hydrogens (tertiary/aromatic N) is 1. The van der Waals surface area contributed by atoms with E-state index in [1.54, 1.807) is 14.0 Å². The van der Waals surface area contributed by atoms with E-state index in [0.29, 0.717) is 0 Å². The molecule has 0 aliphatic rings. The van der Waals surface area contributed by atoms with Crippen molar-refractivity contribution in [3.05, 3.63) is 0 Å². The topological polar surface area (TPSA) is 79.5 Å². The number of hydrogen-bond donors (Lipinski definition) is 3. The van der Waals surface area contributed by atoms with Gasteiger partial charge in [-0.1, -0.05) is 0 Å². The van der Waals surface area contributed by atoms with E-state index in [2.05, 4.69) is 15.6 Å². The Labute approximate surface area is 85.2 Å². The van der Waals surface area contributed by atoms with Gasteiger partial charge in [-0.25, -0.2) is 0 Å². The first-order chi connectivity index (χ1) is 6.26. The van der Waals surface area contributed by atoms with Gasteiger partial charge in [0.2, 0.25) is 5.91 Å². The smallest absolute Gasteiger partial charge is 0.242 e. The van der Waals surface area contributed by atoms with Crippen LogP contribution in [0.3, 0.4) is 0 Å². The molecule has 0 aromatic heterocycles. The van der Waals surface area contributed by atoms with Crippen LogP contribution < -0.4 is 16.4 Å². The molecule has 0 aromatic carbocycles. The molecule has 0 saturated carbocycles. The Bertz CT molecular complexity index is 229. The highest BCUT2D eigenvalue weighted by atomic mass is 16.2. The van der Waals surface area contributed by atoms with Gasteiger partial charge in [-0.05, 0) is 27.7 Å². The first-order valence-corrected chi connectivity index (χ1v) is 4.57. The third kappa shape index (κ3) is 5.40. The van der Waals surface area contributed by atoms with Crippen molar-refractivity contribution in [1.29, 1.82) is 0 Å². The monoisotopic (exact) mass is 200 g/mol. The molecule has 0 heterocycles. The van der Waals surface area contributed by atoms with Gasteiger partial charge in [0, 0.05) is 12.6 Å². The van der Waals surface area contributed by atoms with Gasteiger partial charge in [0.05, 0.1) is 0 Å². The minimum absolute atomic E-state index is 0.0934. The number of rotatable bonds is 2. The maximum absolute atomic E-state index is 11.5. The molecule has 0 radical (unpaired) electrons. The Morgan fingerprint density at radius 3 is 2.29 bits per heavy atom. The molecule has 5 heteroatoms. The third-order valence-electron chi connectivity index (χ3n) is 1.50. The van der Waals surface area contributed by atoms with Crippen LogP contribution >= 0.6 is 0 Å². The van der Waals surface area contributed by atoms with Gasteiger partial charge in [0.1, 0.15) is 6.04 Å². The summed E-state index contributed by atoms with van der Waals surface area (Å²) in [4.78, 5) is 15.2. The van der Waals surface area contributed by atoms with Crippen LogP contribution in [0.15, 0.2) is 4.99 Å². The molecule has 1 atom stereocenters. The van der Waals surface area contributed by atoms with E-state index in [-0.39, 0.29) is 23.4 Å². The van der Waals surface area contributed by atoms with E-state index in [9.17, 15) is 4.79 Å². The number of carbonyl (C=O) groups excluding carboxylic acids is 1. The van der Waals surface area contributed by atoms with E-state index in [1.807, 2.05) is 20.8 Å². The molecule has 4 N–H and O–H groups in total. The van der Waals surface area contributed by atoms with Gasteiger partial charge in [0.25, 0.3) is 0 Å². The van der Waals surface area contributed by atoms with Gasteiger partial charge in [-0.3, -0.25) is 9.79 Å². The number of guanidine groups is 1. The number of hydrogen-bond acceptors (Lipinski definition) is 2. The van der Waals surface area contributed by atoms with Crippen molar-refractivity contribution < 1.29 is 4.79 Å². The predicted molar refractivity (Wildman–Crippen MR) is 58.0 cm³/mol. The Morgan fingerprint density at radius 1 is 1.43 bits per heavy atom. The lowest BCUT2D eigenvalue weighted by Gasteiger charge is -2.23. The van der Waals surface area contributed by atoms with Crippen LogP contribution in [0.2, 0.25) is 0 Å². The summed E-state index contributed by atoms with van der Waals surface area (Å²) in [6, 6.07) is -0.377. The van der Waals surface area contributed by atoms with Crippen molar-refractivity contribution in [3.8, 4) is 0 Å². The zero-order valence-corrected chi connectivity index (χ0v) is 9.51. The predicted octanol–water partition coefficient (Wildman–Crippen LogP) is -0.176. The molecule has 0 bridgehead atoms. The Morgan fingerprint density at radius 2 is 1.93 bits per heavy atom. The summed E-state index contributed by atoms with van der Waals surface area (Å²) in [6.45, 7) is 7.51. The van der Waals surface area contributed by atoms with E-state index in [1.165, 1.54) is 0 Å². The molecule has 0 spiro atoms. The molecule has 0 saturated heterocycles. The average Bonchev–Trinajstić information content (AvgIpc) is 2.00. The second-order valence-electron chi connectivity index (χ2n) is 4.21. The number of amides is 1. The lowest BCUT2D eigenvalue weighted by Crippen LogP contribution is -2.52. The quantitative estimate of drug-likeness (QED) is 0.427. The highest BCUT2D eigenvalue weighted by Crippen LogP contribution is 1.98. The summed E-state index contributed by atoms with van der Waals surface area (Å²) in [5.41, 5.74) is 5.20. The molecule has 82 valence electrons. The van der Waals surface area contributed by atoms with E-state index < -0.39 is 0 Å². The van der Waals surface area contributed by atoms with Crippen molar-refractivity contribution in [3.63, 3.8) is 0 Å². The average molecular weight is 200 g/mol. The largest absolute Gasteiger partial charge is 0.370 e. The minimum Gasteiger partial charge on any atom is -0.370 e. The van der Waals surface area contributed by atoms with Crippen molar-refractivity contribution in [2.45, 2.75) is 39.3 Å². The fraction of sp³-hybridized carbons (Fsp3) is 0.778. The lowest BCUT2D eigenvalue weighted by molar-refractivity contribution is -0.123. The van der Waals surface area contributed by atoms with Gasteiger partial charge in [0.15, 0.2) is 5.96 Å². The first kappa shape index (κ1) is 12.7. The first-order valence-electron chi connectivity index (χ1n) is 4.57. The van der Waals surface area contributed by atoms with Crippen LogP contribution in [-0.4, -0.2) is 30.5 Å². The van der Waals surface area contributed by atoms with Crippen molar-refractivity contribution in [2.24, 2.45) is 10.7 Å². The summed E-state index contributed by atoms with van der Waals surface area (Å²) in [5, 5.41) is 5.60. The molecule has 0 aromatic rings. The Kier molecular flexibility index (Phi) is 4.40. The fourth-order valence-electron chi connectivity index (χ4n) is 0.830. The normalized spacial score (nSPS) is 14.8. The molecule has 1 unspecified atom stereocenters. The lowest BCUT2D eigenvalue weighted by atomic mass is 10.1. The molecule has 0 aliphatic heterocycles. The van der Waals surface area contributed by atoms with Crippen LogP contribution in [0, 0.1) is 0 Å². The third-order valence-corrected chi connectivity index (χ3v) is 1.50. The number of aliphatic imine (C=N–C) groups is 1. The van der Waals surface area contributed by atoms with Gasteiger partial charge in [-0.15, -0.1) is 0 Å². The number of nitrogens with one attached hydrogen (secondary N) is 2. The molecule has 0 aliphatic carbocycles. The SMILES string of the molecule is CN=C(N)NC(C)C(=O)NC(C)(C)C. The molecule has 14 heavy (non-hydrogen) atoms. The summed E-state index contributed by atoms with van der Waals surface area (Å²) in [6.07, 6.45) is 0. The summed E-state index contributed by atoms with van der Waals surface area (Å²) < 4.78 is 0. The van der Waals surface area contributed by atoms with Crippen molar-refractivity contribution in [2.75, 3.05) is 7.05 Å². The molecule has 5 nitrogen and oxygen atoms in total. The highest BCUT2D eigenvalue weighted by Gasteiger charge is 2.19. The van der Waals surface area contributed by atoms with Crippen LogP contribution in [0.5, 0.6) is 0 Å². The summed E-state index contributed by atoms with van der Waals surface area (Å²) in [7, 11) is 1.57. The van der Waals surface area contributed by atoms with Crippen LogP contribution in [0.25, 0.3) is 0 Å². The minimum atomic E-state index is -0.377. The standard InChI is InChI=1S/C9H20N4O/c1-6(12-8(10)11-5)7(14)13-9(2,3)4/h6H,1-5H3,(H,13,14)(H3,10,11,12). The van der Waals surface area contributed by atoms with Gasteiger partial charge >= 0.3 is 0 Å².